The lowest BCUT2D eigenvalue weighted by molar-refractivity contribution is -0.356. The minimum atomic E-state index is -1.07. The summed E-state index contributed by atoms with van der Waals surface area (Å²) in [5.41, 5.74) is 2.62. The Balaban J connectivity index is 1.43. The molecule has 3 aliphatic rings. The number of carbonyl (C=O) groups excluding carboxylic acids is 2. The molecule has 0 spiro atoms. The number of carbonyl (C=O) groups is 2. The molecule has 3 aromatic rings. The van der Waals surface area contributed by atoms with Gasteiger partial charge in [-0.1, -0.05) is 66.7 Å². The Hall–Kier alpha value is -3.56. The highest BCUT2D eigenvalue weighted by atomic mass is 16.8. The molecule has 0 bridgehead atoms. The summed E-state index contributed by atoms with van der Waals surface area (Å²) in [7, 11) is 1.44. The molecule has 0 radical (unpaired) electrons. The number of rotatable bonds is 2. The molecule has 3 aliphatic heterocycles. The van der Waals surface area contributed by atoms with E-state index in [4.69, 9.17) is 28.4 Å². The predicted molar refractivity (Wildman–Crippen MR) is 126 cm³/mol. The van der Waals surface area contributed by atoms with E-state index >= 15 is 0 Å². The van der Waals surface area contributed by atoms with Gasteiger partial charge in [0.05, 0.1) is 17.7 Å². The van der Waals surface area contributed by atoms with Crippen molar-refractivity contribution in [2.45, 2.75) is 37.0 Å². The van der Waals surface area contributed by atoms with E-state index in [1.54, 1.807) is 48.5 Å². The summed E-state index contributed by atoms with van der Waals surface area (Å²) in [6.07, 6.45) is -5.13. The second-order valence-corrected chi connectivity index (χ2v) is 8.79. The molecule has 3 heterocycles. The van der Waals surface area contributed by atoms with Crippen LogP contribution in [-0.2, 0) is 28.4 Å². The van der Waals surface area contributed by atoms with Gasteiger partial charge in [0, 0.05) is 12.7 Å². The Morgan fingerprint density at radius 2 is 1.22 bits per heavy atom. The molecule has 6 rings (SSSR count). The molecule has 6 atom stereocenters. The van der Waals surface area contributed by atoms with Crippen LogP contribution in [0.1, 0.15) is 32.6 Å². The third-order valence-corrected chi connectivity index (χ3v) is 6.66. The lowest BCUT2D eigenvalue weighted by Gasteiger charge is -2.48. The van der Waals surface area contributed by atoms with Gasteiger partial charge < -0.3 is 28.4 Å². The number of esters is 2. The molecule has 8 heteroatoms. The van der Waals surface area contributed by atoms with E-state index in [1.807, 2.05) is 30.3 Å². The fraction of sp³-hybridized carbons (Fsp3) is 0.286. The van der Waals surface area contributed by atoms with E-state index in [0.717, 1.165) is 5.56 Å². The minimum absolute atomic E-state index is 0.179. The van der Waals surface area contributed by atoms with Crippen LogP contribution in [-0.4, -0.2) is 56.4 Å². The Morgan fingerprint density at radius 3 is 1.83 bits per heavy atom. The van der Waals surface area contributed by atoms with Crippen LogP contribution in [0.4, 0.5) is 0 Å². The summed E-state index contributed by atoms with van der Waals surface area (Å²) in [6.45, 7) is 0.179. The summed E-state index contributed by atoms with van der Waals surface area (Å²) in [5.74, 6) is -1.14. The second-order valence-electron chi connectivity index (χ2n) is 8.79. The molecular formula is C28H24O8. The van der Waals surface area contributed by atoms with E-state index in [2.05, 4.69) is 0 Å². The van der Waals surface area contributed by atoms with Crippen molar-refractivity contribution in [2.24, 2.45) is 0 Å². The maximum Gasteiger partial charge on any atom is 0.339 e. The molecule has 0 N–H and O–H groups in total. The van der Waals surface area contributed by atoms with Crippen LogP contribution in [0.2, 0.25) is 0 Å². The third kappa shape index (κ3) is 3.98. The first-order valence-corrected chi connectivity index (χ1v) is 11.7. The highest BCUT2D eigenvalue weighted by molar-refractivity contribution is 6.03. The number of fused-ring (bicyclic) bond motifs is 6. The molecule has 3 aromatic carbocycles. The first-order valence-electron chi connectivity index (χ1n) is 11.7. The number of methoxy groups -OCH3 is 1. The van der Waals surface area contributed by atoms with Crippen molar-refractivity contribution in [2.75, 3.05) is 13.7 Å². The molecule has 2 saturated heterocycles. The molecule has 0 saturated carbocycles. The standard InChI is InChI=1S/C28H24O8/c1-31-28-24-23(22-21(33-28)15-32-27(36-22)16-9-3-2-4-10-16)34-25(29)19-13-7-5-11-17(19)18-12-6-8-14-20(18)26(30)35-24/h2-14,21-24,27-28H,15H2,1H3/t21-,22-,23+,24-,27-,28-/m1/s1. The van der Waals surface area contributed by atoms with Gasteiger partial charge in [-0.25, -0.2) is 9.59 Å². The van der Waals surface area contributed by atoms with Gasteiger partial charge in [-0.2, -0.15) is 0 Å². The third-order valence-electron chi connectivity index (χ3n) is 6.66. The van der Waals surface area contributed by atoms with Crippen LogP contribution in [0.25, 0.3) is 11.1 Å². The first kappa shape index (κ1) is 22.9. The van der Waals surface area contributed by atoms with E-state index in [-0.39, 0.29) is 6.61 Å². The van der Waals surface area contributed by atoms with Gasteiger partial charge in [-0.05, 0) is 23.3 Å². The first-order chi connectivity index (χ1) is 17.6. The van der Waals surface area contributed by atoms with E-state index in [1.165, 1.54) is 7.11 Å². The Kier molecular flexibility index (Phi) is 6.02. The van der Waals surface area contributed by atoms with Crippen LogP contribution < -0.4 is 0 Å². The van der Waals surface area contributed by atoms with Crippen molar-refractivity contribution in [3.05, 3.63) is 95.6 Å². The Labute approximate surface area is 207 Å². The summed E-state index contributed by atoms with van der Waals surface area (Å²) in [5, 5.41) is 0. The maximum absolute atomic E-state index is 13.6. The van der Waals surface area contributed by atoms with Crippen LogP contribution in [0, 0.1) is 0 Å². The molecule has 2 fully saturated rings. The number of ether oxygens (including phenoxy) is 6. The van der Waals surface area contributed by atoms with Crippen molar-refractivity contribution < 1.29 is 38.0 Å². The predicted octanol–water partition coefficient (Wildman–Crippen LogP) is 3.90. The molecule has 8 nitrogen and oxygen atoms in total. The van der Waals surface area contributed by atoms with Gasteiger partial charge in [0.15, 0.2) is 24.8 Å². The zero-order chi connectivity index (χ0) is 24.6. The van der Waals surface area contributed by atoms with E-state index in [9.17, 15) is 9.59 Å². The second kappa shape index (κ2) is 9.48. The zero-order valence-electron chi connectivity index (χ0n) is 19.4. The molecule has 0 aromatic heterocycles. The van der Waals surface area contributed by atoms with E-state index in [0.29, 0.717) is 22.3 Å². The zero-order valence-corrected chi connectivity index (χ0v) is 19.4. The van der Waals surface area contributed by atoms with Gasteiger partial charge in [-0.3, -0.25) is 0 Å². The van der Waals surface area contributed by atoms with Gasteiger partial charge in [0.1, 0.15) is 12.2 Å². The van der Waals surface area contributed by atoms with Crippen LogP contribution >= 0.6 is 0 Å². The number of benzene rings is 3. The molecule has 184 valence electrons. The van der Waals surface area contributed by atoms with Crippen molar-refractivity contribution in [1.29, 1.82) is 0 Å². The summed E-state index contributed by atoms with van der Waals surface area (Å²) in [6, 6.07) is 23.4. The summed E-state index contributed by atoms with van der Waals surface area (Å²) in [4.78, 5) is 27.0. The highest BCUT2D eigenvalue weighted by Crippen LogP contribution is 2.39. The fourth-order valence-corrected chi connectivity index (χ4v) is 4.94. The van der Waals surface area contributed by atoms with Crippen molar-refractivity contribution >= 4 is 11.9 Å². The molecular weight excluding hydrogens is 464 g/mol. The Morgan fingerprint density at radius 1 is 0.667 bits per heavy atom. The fourth-order valence-electron chi connectivity index (χ4n) is 4.94. The largest absolute Gasteiger partial charge is 0.452 e. The smallest absolute Gasteiger partial charge is 0.339 e. The molecule has 0 unspecified atom stereocenters. The normalized spacial score (nSPS) is 29.5. The average Bonchev–Trinajstić information content (AvgIpc) is 2.93. The maximum atomic E-state index is 13.6. The van der Waals surface area contributed by atoms with Crippen molar-refractivity contribution in [3.63, 3.8) is 0 Å². The van der Waals surface area contributed by atoms with Crippen LogP contribution in [0.3, 0.4) is 0 Å². The number of hydrogen-bond donors (Lipinski definition) is 0. The lowest BCUT2D eigenvalue weighted by atomic mass is 9.93. The summed E-state index contributed by atoms with van der Waals surface area (Å²) < 4.78 is 35.8. The van der Waals surface area contributed by atoms with Gasteiger partial charge in [0.25, 0.3) is 0 Å². The van der Waals surface area contributed by atoms with Gasteiger partial charge >= 0.3 is 11.9 Å². The molecule has 0 amide bonds. The summed E-state index contributed by atoms with van der Waals surface area (Å²) >= 11 is 0. The van der Waals surface area contributed by atoms with Crippen LogP contribution in [0.5, 0.6) is 0 Å². The van der Waals surface area contributed by atoms with Crippen LogP contribution in [0.15, 0.2) is 78.9 Å². The van der Waals surface area contributed by atoms with Gasteiger partial charge in [0.2, 0.25) is 0 Å². The number of hydrogen-bond acceptors (Lipinski definition) is 8. The van der Waals surface area contributed by atoms with Crippen molar-refractivity contribution in [3.8, 4) is 11.1 Å². The quantitative estimate of drug-likeness (QED) is 0.502. The topological polar surface area (TPSA) is 89.5 Å². The van der Waals surface area contributed by atoms with Crippen molar-refractivity contribution in [1.82, 2.24) is 0 Å². The molecule has 36 heavy (non-hydrogen) atoms. The van der Waals surface area contributed by atoms with E-state index < -0.39 is 48.9 Å². The lowest BCUT2D eigenvalue weighted by Crippen LogP contribution is -2.64. The Bertz CT molecular complexity index is 1280. The highest BCUT2D eigenvalue weighted by Gasteiger charge is 2.54. The minimum Gasteiger partial charge on any atom is -0.452 e. The monoisotopic (exact) mass is 488 g/mol. The average molecular weight is 488 g/mol. The molecule has 0 aliphatic carbocycles. The van der Waals surface area contributed by atoms with Gasteiger partial charge in [-0.15, -0.1) is 0 Å². The SMILES string of the molecule is CO[C@@H]1O[C@@H]2CO[C@@H](c3ccccc3)O[C@H]2[C@@H]2OC(=O)c3ccccc3-c3ccccc3C(=O)O[C@@H]12.